The molecule has 1 aliphatic carbocycles. The number of carbonyl (C=O) groups excluding carboxylic acids is 2. The van der Waals surface area contributed by atoms with Gasteiger partial charge in [-0.2, -0.15) is 5.10 Å². The summed E-state index contributed by atoms with van der Waals surface area (Å²) < 4.78 is 1.77. The van der Waals surface area contributed by atoms with Crippen LogP contribution in [0.2, 0.25) is 0 Å². The van der Waals surface area contributed by atoms with Crippen LogP contribution in [0, 0.1) is 18.8 Å². The first-order valence-electron chi connectivity index (χ1n) is 11.7. The Morgan fingerprint density at radius 1 is 1.03 bits per heavy atom. The van der Waals surface area contributed by atoms with Crippen LogP contribution >= 0.6 is 0 Å². The van der Waals surface area contributed by atoms with Crippen molar-refractivity contribution in [3.8, 4) is 5.69 Å². The van der Waals surface area contributed by atoms with Crippen molar-refractivity contribution in [3.63, 3.8) is 0 Å². The van der Waals surface area contributed by atoms with Crippen LogP contribution in [0.3, 0.4) is 0 Å². The summed E-state index contributed by atoms with van der Waals surface area (Å²) in [4.78, 5) is 27.8. The number of hydrogen-bond donors (Lipinski definition) is 1. The lowest BCUT2D eigenvalue weighted by atomic mass is 9.84. The number of piperidine rings is 1. The second-order valence-electron chi connectivity index (χ2n) is 9.17. The summed E-state index contributed by atoms with van der Waals surface area (Å²) in [6.07, 6.45) is 9.54. The molecule has 166 valence electrons. The number of rotatable bonds is 5. The average Bonchev–Trinajstić information content (AvgIpc) is 3.21. The third kappa shape index (κ3) is 5.00. The Bertz CT molecular complexity index is 894. The van der Waals surface area contributed by atoms with E-state index in [0.717, 1.165) is 37.1 Å². The lowest BCUT2D eigenvalue weighted by molar-refractivity contribution is -0.127. The molecule has 0 spiro atoms. The lowest BCUT2D eigenvalue weighted by Crippen LogP contribution is -2.45. The third-order valence-electron chi connectivity index (χ3n) is 7.05. The molecule has 6 nitrogen and oxygen atoms in total. The predicted octanol–water partition coefficient (Wildman–Crippen LogP) is 4.12. The standard InChI is InChI=1S/C25H34N4O2/c1-18(24(30)26-21-9-5-3-6-10-21)20-13-15-28(16-14-20)25(31)23-17-29(27-19(23)2)22-11-7-4-8-12-22/h4,7-8,11-12,17-18,20-21H,3,5-6,9-10,13-16H2,1-2H3,(H,26,30). The fourth-order valence-electron chi connectivity index (χ4n) is 4.95. The first-order valence-corrected chi connectivity index (χ1v) is 11.7. The minimum atomic E-state index is 0.00162. The molecule has 0 bridgehead atoms. The van der Waals surface area contributed by atoms with Crippen molar-refractivity contribution >= 4 is 11.8 Å². The normalized spacial score (nSPS) is 19.2. The van der Waals surface area contributed by atoms with Gasteiger partial charge in [-0.05, 0) is 50.7 Å². The van der Waals surface area contributed by atoms with Gasteiger partial charge in [0.2, 0.25) is 5.91 Å². The van der Waals surface area contributed by atoms with Gasteiger partial charge in [0.1, 0.15) is 0 Å². The second-order valence-corrected chi connectivity index (χ2v) is 9.17. The molecular formula is C25H34N4O2. The molecule has 2 aromatic rings. The van der Waals surface area contributed by atoms with Crippen LogP contribution in [-0.4, -0.2) is 45.6 Å². The number of aromatic nitrogens is 2. The van der Waals surface area contributed by atoms with Gasteiger partial charge in [0.15, 0.2) is 0 Å². The van der Waals surface area contributed by atoms with E-state index in [4.69, 9.17) is 0 Å². The zero-order valence-electron chi connectivity index (χ0n) is 18.7. The number of likely N-dealkylation sites (tertiary alicyclic amines) is 1. The van der Waals surface area contributed by atoms with E-state index < -0.39 is 0 Å². The fraction of sp³-hybridized carbons (Fsp3) is 0.560. The largest absolute Gasteiger partial charge is 0.353 e. The van der Waals surface area contributed by atoms with Crippen LogP contribution in [0.15, 0.2) is 36.5 Å². The molecule has 1 aromatic heterocycles. The highest BCUT2D eigenvalue weighted by atomic mass is 16.2. The molecular weight excluding hydrogens is 388 g/mol. The van der Waals surface area contributed by atoms with E-state index in [0.29, 0.717) is 30.6 Å². The Morgan fingerprint density at radius 2 is 1.71 bits per heavy atom. The molecule has 31 heavy (non-hydrogen) atoms. The maximum absolute atomic E-state index is 13.1. The highest BCUT2D eigenvalue weighted by molar-refractivity contribution is 5.95. The fourth-order valence-corrected chi connectivity index (χ4v) is 4.95. The van der Waals surface area contributed by atoms with Crippen molar-refractivity contribution in [2.45, 2.75) is 64.8 Å². The molecule has 1 N–H and O–H groups in total. The molecule has 1 atom stereocenters. The Morgan fingerprint density at radius 3 is 2.39 bits per heavy atom. The molecule has 4 rings (SSSR count). The number of amides is 2. The van der Waals surface area contributed by atoms with Crippen LogP contribution in [0.5, 0.6) is 0 Å². The van der Waals surface area contributed by atoms with E-state index in [1.807, 2.05) is 55.3 Å². The maximum atomic E-state index is 13.1. The second kappa shape index (κ2) is 9.67. The van der Waals surface area contributed by atoms with Gasteiger partial charge in [-0.15, -0.1) is 0 Å². The smallest absolute Gasteiger partial charge is 0.257 e. The van der Waals surface area contributed by atoms with E-state index in [9.17, 15) is 9.59 Å². The van der Waals surface area contributed by atoms with Gasteiger partial charge >= 0.3 is 0 Å². The average molecular weight is 423 g/mol. The van der Waals surface area contributed by atoms with Crippen molar-refractivity contribution < 1.29 is 9.59 Å². The molecule has 1 unspecified atom stereocenters. The number of para-hydroxylation sites is 1. The Kier molecular flexibility index (Phi) is 6.73. The number of carbonyl (C=O) groups is 2. The first kappa shape index (κ1) is 21.6. The third-order valence-corrected chi connectivity index (χ3v) is 7.05. The Labute approximate surface area is 185 Å². The molecule has 2 fully saturated rings. The van der Waals surface area contributed by atoms with Crippen molar-refractivity contribution in [1.82, 2.24) is 20.0 Å². The zero-order valence-corrected chi connectivity index (χ0v) is 18.7. The molecule has 1 aliphatic heterocycles. The summed E-state index contributed by atoms with van der Waals surface area (Å²) in [5.74, 6) is 0.566. The summed E-state index contributed by atoms with van der Waals surface area (Å²) in [6, 6.07) is 10.2. The van der Waals surface area contributed by atoms with Crippen LogP contribution in [0.1, 0.15) is 67.9 Å². The summed E-state index contributed by atoms with van der Waals surface area (Å²) in [5, 5.41) is 7.81. The topological polar surface area (TPSA) is 67.2 Å². The highest BCUT2D eigenvalue weighted by Crippen LogP contribution is 2.27. The quantitative estimate of drug-likeness (QED) is 0.788. The summed E-state index contributed by atoms with van der Waals surface area (Å²) in [6.45, 7) is 5.33. The molecule has 1 saturated heterocycles. The van der Waals surface area contributed by atoms with Gasteiger partial charge in [-0.25, -0.2) is 4.68 Å². The maximum Gasteiger partial charge on any atom is 0.257 e. The summed E-state index contributed by atoms with van der Waals surface area (Å²) in [5.41, 5.74) is 2.35. The Balaban J connectivity index is 1.32. The monoisotopic (exact) mass is 422 g/mol. The molecule has 2 heterocycles. The molecule has 0 radical (unpaired) electrons. The van der Waals surface area contributed by atoms with Gasteiger partial charge < -0.3 is 10.2 Å². The first-order chi connectivity index (χ1) is 15.0. The summed E-state index contributed by atoms with van der Waals surface area (Å²) >= 11 is 0. The zero-order chi connectivity index (χ0) is 21.8. The minimum Gasteiger partial charge on any atom is -0.353 e. The number of hydrogen-bond acceptors (Lipinski definition) is 3. The molecule has 6 heteroatoms. The van der Waals surface area contributed by atoms with Gasteiger partial charge in [0.05, 0.1) is 16.9 Å². The van der Waals surface area contributed by atoms with Crippen molar-refractivity contribution in [2.75, 3.05) is 13.1 Å². The van der Waals surface area contributed by atoms with E-state index in [-0.39, 0.29) is 17.7 Å². The van der Waals surface area contributed by atoms with Crippen molar-refractivity contribution in [2.24, 2.45) is 11.8 Å². The van der Waals surface area contributed by atoms with E-state index in [2.05, 4.69) is 10.4 Å². The molecule has 1 aromatic carbocycles. The number of benzene rings is 1. The molecule has 1 saturated carbocycles. The van der Waals surface area contributed by atoms with Gasteiger partial charge in [-0.3, -0.25) is 9.59 Å². The predicted molar refractivity (Wildman–Crippen MR) is 121 cm³/mol. The molecule has 2 aliphatic rings. The summed E-state index contributed by atoms with van der Waals surface area (Å²) in [7, 11) is 0. The Hall–Kier alpha value is -2.63. The van der Waals surface area contributed by atoms with Crippen molar-refractivity contribution in [1.29, 1.82) is 0 Å². The lowest BCUT2D eigenvalue weighted by Gasteiger charge is -2.35. The van der Waals surface area contributed by atoms with Crippen LogP contribution in [0.4, 0.5) is 0 Å². The van der Waals surface area contributed by atoms with Gasteiger partial charge in [0, 0.05) is 31.2 Å². The molecule has 2 amide bonds. The van der Waals surface area contributed by atoms with E-state index >= 15 is 0 Å². The van der Waals surface area contributed by atoms with Crippen LogP contribution in [-0.2, 0) is 4.79 Å². The highest BCUT2D eigenvalue weighted by Gasteiger charge is 2.32. The van der Waals surface area contributed by atoms with Crippen LogP contribution in [0.25, 0.3) is 5.69 Å². The number of aryl methyl sites for hydroxylation is 1. The van der Waals surface area contributed by atoms with Crippen LogP contribution < -0.4 is 5.32 Å². The van der Waals surface area contributed by atoms with E-state index in [1.165, 1.54) is 19.3 Å². The SMILES string of the molecule is Cc1nn(-c2ccccc2)cc1C(=O)N1CCC(C(C)C(=O)NC2CCCCC2)CC1. The number of nitrogens with zero attached hydrogens (tertiary/aromatic N) is 3. The van der Waals surface area contributed by atoms with Crippen molar-refractivity contribution in [3.05, 3.63) is 47.8 Å². The van der Waals surface area contributed by atoms with Gasteiger partial charge in [0.25, 0.3) is 5.91 Å². The minimum absolute atomic E-state index is 0.00162. The van der Waals surface area contributed by atoms with E-state index in [1.54, 1.807) is 4.68 Å². The van der Waals surface area contributed by atoms with Gasteiger partial charge in [-0.1, -0.05) is 44.4 Å². The number of nitrogens with one attached hydrogen (secondary N) is 1.